The smallest absolute Gasteiger partial charge is 0.379 e. The lowest BCUT2D eigenvalue weighted by atomic mass is 9.90. The summed E-state index contributed by atoms with van der Waals surface area (Å²) in [6.07, 6.45) is 0. The van der Waals surface area contributed by atoms with E-state index in [9.17, 15) is 14.0 Å². The van der Waals surface area contributed by atoms with E-state index in [1.807, 2.05) is 0 Å². The number of nitrogens with one attached hydrogen (secondary N) is 2. The Morgan fingerprint density at radius 2 is 1.81 bits per heavy atom. The van der Waals surface area contributed by atoms with E-state index in [0.717, 1.165) is 7.11 Å². The topological polar surface area (TPSA) is 67.4 Å². The van der Waals surface area contributed by atoms with Gasteiger partial charge in [-0.1, -0.05) is 35.9 Å². The van der Waals surface area contributed by atoms with Gasteiger partial charge < -0.3 is 15.4 Å². The summed E-state index contributed by atoms with van der Waals surface area (Å²) < 4.78 is 19.0. The van der Waals surface area contributed by atoms with Crippen LogP contribution in [0.4, 0.5) is 4.39 Å². The minimum atomic E-state index is -1.06. The molecule has 3 rings (SSSR count). The van der Waals surface area contributed by atoms with E-state index in [-0.39, 0.29) is 21.9 Å². The van der Waals surface area contributed by atoms with Crippen LogP contribution in [0.5, 0.6) is 0 Å². The van der Waals surface area contributed by atoms with Crippen LogP contribution in [0.15, 0.2) is 54.1 Å². The maximum absolute atomic E-state index is 14.4. The van der Waals surface area contributed by atoms with Crippen LogP contribution in [0.3, 0.4) is 0 Å². The number of thiocarbonyl (C=S) groups is 1. The summed E-state index contributed by atoms with van der Waals surface area (Å²) in [5.41, 5.74) is 0.868. The van der Waals surface area contributed by atoms with Crippen LogP contribution in [-0.2, 0) is 14.3 Å². The molecule has 0 aromatic heterocycles. The first-order valence-corrected chi connectivity index (χ1v) is 8.65. The molecule has 1 heterocycles. The molecule has 0 unspecified atom stereocenters. The maximum atomic E-state index is 14.4. The van der Waals surface area contributed by atoms with Crippen molar-refractivity contribution in [1.29, 1.82) is 0 Å². The predicted octanol–water partition coefficient (Wildman–Crippen LogP) is 3.15. The number of ether oxygens (including phenoxy) is 1. The van der Waals surface area contributed by atoms with Crippen molar-refractivity contribution in [2.75, 3.05) is 7.11 Å². The monoisotopic (exact) mass is 404 g/mol. The molecule has 0 amide bonds. The maximum Gasteiger partial charge on any atom is 0.379 e. The highest BCUT2D eigenvalue weighted by atomic mass is 35.5. The van der Waals surface area contributed by atoms with E-state index in [2.05, 4.69) is 15.4 Å². The Kier molecular flexibility index (Phi) is 5.53. The van der Waals surface area contributed by atoms with Crippen LogP contribution < -0.4 is 10.6 Å². The number of hydrogen-bond acceptors (Lipinski definition) is 4. The quantitative estimate of drug-likeness (QED) is 0.463. The van der Waals surface area contributed by atoms with Gasteiger partial charge >= 0.3 is 5.97 Å². The van der Waals surface area contributed by atoms with Crippen LogP contribution in [0.25, 0.3) is 5.70 Å². The number of hydrogen-bond donors (Lipinski definition) is 2. The average Bonchev–Trinajstić information content (AvgIpc) is 2.67. The van der Waals surface area contributed by atoms with Gasteiger partial charge in [-0.2, -0.15) is 0 Å². The Balaban J connectivity index is 2.25. The molecule has 0 bridgehead atoms. The van der Waals surface area contributed by atoms with Crippen LogP contribution in [-0.4, -0.2) is 24.0 Å². The summed E-state index contributed by atoms with van der Waals surface area (Å²) in [6, 6.07) is 11.8. The van der Waals surface area contributed by atoms with E-state index >= 15 is 0 Å². The van der Waals surface area contributed by atoms with Gasteiger partial charge in [0.05, 0.1) is 24.4 Å². The van der Waals surface area contributed by atoms with Crippen LogP contribution >= 0.6 is 23.8 Å². The second-order valence-electron chi connectivity index (χ2n) is 5.67. The van der Waals surface area contributed by atoms with E-state index in [4.69, 9.17) is 23.8 Å². The number of Topliss-reactive ketones (excluding diaryl/α,β-unsaturated/α-hetero) is 1. The number of carbonyl (C=O) groups excluding carboxylic acids is 2. The van der Waals surface area contributed by atoms with Gasteiger partial charge in [-0.05, 0) is 42.0 Å². The first-order chi connectivity index (χ1) is 12.9. The Hall–Kier alpha value is -2.77. The SMILES string of the molecule is COC(=O)C(=O)C1=C(c2ccccc2F)NC(=S)N[C@H]1c1ccc(Cl)cc1. The van der Waals surface area contributed by atoms with Gasteiger partial charge in [-0.3, -0.25) is 4.79 Å². The van der Waals surface area contributed by atoms with Gasteiger partial charge in [0, 0.05) is 10.6 Å². The summed E-state index contributed by atoms with van der Waals surface area (Å²) in [6.45, 7) is 0. The lowest BCUT2D eigenvalue weighted by molar-refractivity contribution is -0.150. The zero-order chi connectivity index (χ0) is 19.6. The lowest BCUT2D eigenvalue weighted by Gasteiger charge is -2.31. The molecule has 0 saturated heterocycles. The molecule has 138 valence electrons. The van der Waals surface area contributed by atoms with Crippen molar-refractivity contribution < 1.29 is 18.7 Å². The molecule has 0 radical (unpaired) electrons. The van der Waals surface area contributed by atoms with Gasteiger partial charge in [0.25, 0.3) is 5.78 Å². The highest BCUT2D eigenvalue weighted by Crippen LogP contribution is 2.33. The average molecular weight is 405 g/mol. The van der Waals surface area contributed by atoms with Crippen LogP contribution in [0.2, 0.25) is 5.02 Å². The number of methoxy groups -OCH3 is 1. The second kappa shape index (κ2) is 7.85. The molecule has 1 aliphatic rings. The van der Waals surface area contributed by atoms with Crippen LogP contribution in [0, 0.1) is 5.82 Å². The highest BCUT2D eigenvalue weighted by Gasteiger charge is 2.36. The van der Waals surface area contributed by atoms with E-state index < -0.39 is 23.6 Å². The number of esters is 1. The molecule has 27 heavy (non-hydrogen) atoms. The van der Waals surface area contributed by atoms with Gasteiger partial charge in [0.15, 0.2) is 5.11 Å². The Labute approximate surface area is 165 Å². The number of benzene rings is 2. The van der Waals surface area contributed by atoms with Crippen molar-refractivity contribution in [3.05, 3.63) is 76.1 Å². The zero-order valence-electron chi connectivity index (χ0n) is 14.1. The molecule has 1 aliphatic heterocycles. The van der Waals surface area contributed by atoms with Gasteiger partial charge in [0.2, 0.25) is 0 Å². The van der Waals surface area contributed by atoms with E-state index in [1.54, 1.807) is 30.3 Å². The standard InChI is InChI=1S/C19H14ClFN2O3S/c1-26-18(25)17(24)14-15(10-6-8-11(20)9-7-10)22-19(27)23-16(14)12-4-2-3-5-13(12)21/h2-9,15H,1H3,(H2,22,23,27)/t15-/m0/s1. The summed E-state index contributed by atoms with van der Waals surface area (Å²) in [5, 5.41) is 6.45. The Bertz CT molecular complexity index is 960. The third kappa shape index (κ3) is 3.84. The minimum absolute atomic E-state index is 0.00266. The number of halogens is 2. The number of ketones is 1. The van der Waals surface area contributed by atoms with Crippen LogP contribution in [0.1, 0.15) is 17.2 Å². The van der Waals surface area contributed by atoms with E-state index in [1.165, 1.54) is 18.2 Å². The Morgan fingerprint density at radius 1 is 1.15 bits per heavy atom. The molecule has 2 aromatic rings. The summed E-state index contributed by atoms with van der Waals surface area (Å²) >= 11 is 11.2. The fourth-order valence-electron chi connectivity index (χ4n) is 2.79. The lowest BCUT2D eigenvalue weighted by Crippen LogP contribution is -2.46. The van der Waals surface area contributed by atoms with Crippen molar-refractivity contribution in [1.82, 2.24) is 10.6 Å². The first kappa shape index (κ1) is 19.0. The molecule has 1 atom stereocenters. The van der Waals surface area contributed by atoms with Crippen molar-refractivity contribution in [3.63, 3.8) is 0 Å². The first-order valence-electron chi connectivity index (χ1n) is 7.87. The predicted molar refractivity (Wildman–Crippen MR) is 103 cm³/mol. The molecule has 2 N–H and O–H groups in total. The fraction of sp³-hybridized carbons (Fsp3) is 0.105. The summed E-state index contributed by atoms with van der Waals surface area (Å²) in [4.78, 5) is 24.8. The molecule has 0 spiro atoms. The van der Waals surface area contributed by atoms with Gasteiger partial charge in [0.1, 0.15) is 5.82 Å². The van der Waals surface area contributed by atoms with Crippen molar-refractivity contribution in [2.24, 2.45) is 0 Å². The summed E-state index contributed by atoms with van der Waals surface area (Å²) in [7, 11) is 1.11. The normalized spacial score (nSPS) is 16.4. The molecule has 2 aromatic carbocycles. The zero-order valence-corrected chi connectivity index (χ0v) is 15.7. The minimum Gasteiger partial charge on any atom is -0.463 e. The molecule has 0 saturated carbocycles. The van der Waals surface area contributed by atoms with Crippen molar-refractivity contribution in [3.8, 4) is 0 Å². The largest absolute Gasteiger partial charge is 0.463 e. The van der Waals surface area contributed by atoms with Gasteiger partial charge in [-0.15, -0.1) is 0 Å². The molecular weight excluding hydrogens is 391 g/mol. The second-order valence-corrected chi connectivity index (χ2v) is 6.52. The molecular formula is C19H14ClFN2O3S. The summed E-state index contributed by atoms with van der Waals surface area (Å²) in [5.74, 6) is -2.53. The van der Waals surface area contributed by atoms with Crippen molar-refractivity contribution in [2.45, 2.75) is 6.04 Å². The molecule has 5 nitrogen and oxygen atoms in total. The highest BCUT2D eigenvalue weighted by molar-refractivity contribution is 7.80. The molecule has 0 fully saturated rings. The van der Waals surface area contributed by atoms with Crippen molar-refractivity contribution >= 4 is 46.4 Å². The third-order valence-electron chi connectivity index (χ3n) is 4.03. The van der Waals surface area contributed by atoms with E-state index in [0.29, 0.717) is 10.6 Å². The Morgan fingerprint density at radius 3 is 2.44 bits per heavy atom. The fourth-order valence-corrected chi connectivity index (χ4v) is 3.14. The number of rotatable bonds is 4. The molecule has 0 aliphatic carbocycles. The third-order valence-corrected chi connectivity index (χ3v) is 4.51. The molecule has 8 heteroatoms. The number of carbonyl (C=O) groups is 2. The van der Waals surface area contributed by atoms with Gasteiger partial charge in [-0.25, -0.2) is 9.18 Å².